The molecule has 0 saturated heterocycles. The van der Waals surface area contributed by atoms with Crippen LogP contribution in [0, 0.1) is 0 Å². The lowest BCUT2D eigenvalue weighted by molar-refractivity contribution is 0.0697. The van der Waals surface area contributed by atoms with Crippen molar-refractivity contribution >= 4 is 39.2 Å². The minimum absolute atomic E-state index is 0.00361. The number of carboxylic acid groups (broad SMARTS) is 1. The summed E-state index contributed by atoms with van der Waals surface area (Å²) in [5.41, 5.74) is 1.96. The highest BCUT2D eigenvalue weighted by molar-refractivity contribution is 9.10. The van der Waals surface area contributed by atoms with Gasteiger partial charge in [-0.05, 0) is 42.8 Å². The van der Waals surface area contributed by atoms with Crippen LogP contribution in [0.4, 0.5) is 5.69 Å². The summed E-state index contributed by atoms with van der Waals surface area (Å²) in [6, 6.07) is 12.7. The molecule has 1 N–H and O–H groups in total. The molecule has 1 atom stereocenters. The Morgan fingerprint density at radius 2 is 2.00 bits per heavy atom. The topological polar surface area (TPSA) is 40.5 Å². The third-order valence-corrected chi connectivity index (χ3v) is 4.21. The van der Waals surface area contributed by atoms with Crippen LogP contribution in [0.15, 0.2) is 46.9 Å². The first-order valence-electron chi connectivity index (χ1n) is 6.41. The van der Waals surface area contributed by atoms with E-state index >= 15 is 0 Å². The molecule has 2 aromatic carbocycles. The number of rotatable bonds is 4. The fourth-order valence-corrected chi connectivity index (χ4v) is 2.72. The summed E-state index contributed by atoms with van der Waals surface area (Å²) in [7, 11) is 1.87. The summed E-state index contributed by atoms with van der Waals surface area (Å²) >= 11 is 9.42. The van der Waals surface area contributed by atoms with Crippen molar-refractivity contribution in [1.82, 2.24) is 0 Å². The third kappa shape index (κ3) is 3.57. The fourth-order valence-electron chi connectivity index (χ4n) is 2.18. The van der Waals surface area contributed by atoms with Gasteiger partial charge in [0.05, 0.1) is 17.3 Å². The van der Waals surface area contributed by atoms with Gasteiger partial charge in [0.2, 0.25) is 0 Å². The zero-order valence-corrected chi connectivity index (χ0v) is 14.0. The van der Waals surface area contributed by atoms with Gasteiger partial charge in [0.15, 0.2) is 0 Å². The van der Waals surface area contributed by atoms with Gasteiger partial charge in [-0.15, -0.1) is 0 Å². The Labute approximate surface area is 137 Å². The van der Waals surface area contributed by atoms with E-state index < -0.39 is 5.97 Å². The summed E-state index contributed by atoms with van der Waals surface area (Å²) in [6.45, 7) is 2.01. The SMILES string of the molecule is CC(c1cccc(Cl)c1)N(C)c1cc(Br)ccc1C(=O)O. The molecule has 0 amide bonds. The molecular formula is C16H15BrClNO2. The van der Waals surface area contributed by atoms with Gasteiger partial charge >= 0.3 is 5.97 Å². The van der Waals surface area contributed by atoms with Gasteiger partial charge < -0.3 is 10.0 Å². The molecule has 0 saturated carbocycles. The van der Waals surface area contributed by atoms with Crippen LogP contribution in [-0.4, -0.2) is 18.1 Å². The number of halogens is 2. The van der Waals surface area contributed by atoms with E-state index in [0.717, 1.165) is 10.0 Å². The molecule has 2 aromatic rings. The van der Waals surface area contributed by atoms with E-state index in [1.807, 2.05) is 49.2 Å². The highest BCUT2D eigenvalue weighted by Gasteiger charge is 2.19. The quantitative estimate of drug-likeness (QED) is 0.825. The Bertz CT molecular complexity index is 675. The third-order valence-electron chi connectivity index (χ3n) is 3.48. The molecule has 5 heteroatoms. The van der Waals surface area contributed by atoms with Crippen LogP contribution in [0.5, 0.6) is 0 Å². The summed E-state index contributed by atoms with van der Waals surface area (Å²) in [4.78, 5) is 13.3. The lowest BCUT2D eigenvalue weighted by Gasteiger charge is -2.29. The second-order valence-corrected chi connectivity index (χ2v) is 6.16. The number of anilines is 1. The largest absolute Gasteiger partial charge is 0.478 e. The Kier molecular flexibility index (Phi) is 4.91. The molecule has 1 unspecified atom stereocenters. The van der Waals surface area contributed by atoms with E-state index in [-0.39, 0.29) is 11.6 Å². The first kappa shape index (κ1) is 15.9. The molecule has 0 aliphatic rings. The number of benzene rings is 2. The van der Waals surface area contributed by atoms with E-state index in [1.165, 1.54) is 0 Å². The molecule has 0 aliphatic heterocycles. The van der Waals surface area contributed by atoms with Gasteiger partial charge in [0, 0.05) is 16.5 Å². The monoisotopic (exact) mass is 367 g/mol. The van der Waals surface area contributed by atoms with E-state index in [4.69, 9.17) is 11.6 Å². The lowest BCUT2D eigenvalue weighted by Crippen LogP contribution is -2.23. The number of hydrogen-bond acceptors (Lipinski definition) is 2. The first-order chi connectivity index (χ1) is 9.90. The molecule has 0 spiro atoms. The Hall–Kier alpha value is -1.52. The molecule has 2 rings (SSSR count). The molecule has 0 aromatic heterocycles. The van der Waals surface area contributed by atoms with Gasteiger partial charge in [-0.2, -0.15) is 0 Å². The van der Waals surface area contributed by atoms with Crippen molar-refractivity contribution in [3.05, 3.63) is 63.1 Å². The van der Waals surface area contributed by atoms with Crippen molar-refractivity contribution in [2.75, 3.05) is 11.9 Å². The molecule has 21 heavy (non-hydrogen) atoms. The van der Waals surface area contributed by atoms with Crippen LogP contribution in [0.2, 0.25) is 5.02 Å². The van der Waals surface area contributed by atoms with Gasteiger partial charge in [-0.25, -0.2) is 4.79 Å². The minimum atomic E-state index is -0.942. The average molecular weight is 369 g/mol. The van der Waals surface area contributed by atoms with Gasteiger partial charge in [0.25, 0.3) is 0 Å². The zero-order chi connectivity index (χ0) is 15.6. The van der Waals surface area contributed by atoms with Crippen LogP contribution < -0.4 is 4.90 Å². The van der Waals surface area contributed by atoms with Crippen LogP contribution in [-0.2, 0) is 0 Å². The van der Waals surface area contributed by atoms with Crippen LogP contribution in [0.25, 0.3) is 0 Å². The maximum atomic E-state index is 11.4. The molecule has 0 aliphatic carbocycles. The van der Waals surface area contributed by atoms with Crippen LogP contribution in [0.1, 0.15) is 28.9 Å². The number of nitrogens with zero attached hydrogens (tertiary/aromatic N) is 1. The normalized spacial score (nSPS) is 12.0. The second kappa shape index (κ2) is 6.50. The smallest absolute Gasteiger partial charge is 0.337 e. The Morgan fingerprint density at radius 3 is 2.62 bits per heavy atom. The molecule has 0 fully saturated rings. The Balaban J connectivity index is 2.41. The van der Waals surface area contributed by atoms with E-state index in [0.29, 0.717) is 10.7 Å². The van der Waals surface area contributed by atoms with Gasteiger partial charge in [0.1, 0.15) is 0 Å². The molecule has 0 bridgehead atoms. The Morgan fingerprint density at radius 1 is 1.29 bits per heavy atom. The van der Waals surface area contributed by atoms with Crippen molar-refractivity contribution in [3.8, 4) is 0 Å². The fraction of sp³-hybridized carbons (Fsp3) is 0.188. The van der Waals surface area contributed by atoms with E-state index in [1.54, 1.807) is 12.1 Å². The number of carboxylic acids is 1. The molecule has 0 heterocycles. The maximum absolute atomic E-state index is 11.4. The zero-order valence-electron chi connectivity index (χ0n) is 11.7. The van der Waals surface area contributed by atoms with Crippen molar-refractivity contribution in [1.29, 1.82) is 0 Å². The van der Waals surface area contributed by atoms with E-state index in [2.05, 4.69) is 15.9 Å². The van der Waals surface area contributed by atoms with Crippen molar-refractivity contribution in [3.63, 3.8) is 0 Å². The molecular weight excluding hydrogens is 354 g/mol. The van der Waals surface area contributed by atoms with Crippen LogP contribution >= 0.6 is 27.5 Å². The van der Waals surface area contributed by atoms with Crippen LogP contribution in [0.3, 0.4) is 0 Å². The molecule has 3 nitrogen and oxygen atoms in total. The lowest BCUT2D eigenvalue weighted by atomic mass is 10.1. The number of carbonyl (C=O) groups is 1. The minimum Gasteiger partial charge on any atom is -0.478 e. The first-order valence-corrected chi connectivity index (χ1v) is 7.58. The number of hydrogen-bond donors (Lipinski definition) is 1. The van der Waals surface area contributed by atoms with Gasteiger partial charge in [-0.3, -0.25) is 0 Å². The summed E-state index contributed by atoms with van der Waals surface area (Å²) in [6.07, 6.45) is 0. The summed E-state index contributed by atoms with van der Waals surface area (Å²) in [5, 5.41) is 10.0. The predicted octanol–water partition coefficient (Wildman–Crippen LogP) is 5.00. The highest BCUT2D eigenvalue weighted by Crippen LogP contribution is 2.31. The van der Waals surface area contributed by atoms with Gasteiger partial charge in [-0.1, -0.05) is 39.7 Å². The number of aromatic carboxylic acids is 1. The molecule has 110 valence electrons. The highest BCUT2D eigenvalue weighted by atomic mass is 79.9. The predicted molar refractivity (Wildman–Crippen MR) is 89.4 cm³/mol. The summed E-state index contributed by atoms with van der Waals surface area (Å²) < 4.78 is 0.840. The van der Waals surface area contributed by atoms with Crippen molar-refractivity contribution < 1.29 is 9.90 Å². The maximum Gasteiger partial charge on any atom is 0.337 e. The van der Waals surface area contributed by atoms with Crippen molar-refractivity contribution in [2.45, 2.75) is 13.0 Å². The van der Waals surface area contributed by atoms with E-state index in [9.17, 15) is 9.90 Å². The standard InChI is InChI=1S/C16H15BrClNO2/c1-10(11-4-3-5-13(18)8-11)19(2)15-9-12(17)6-7-14(15)16(20)21/h3-10H,1-2H3,(H,20,21). The van der Waals surface area contributed by atoms with Crippen molar-refractivity contribution in [2.24, 2.45) is 0 Å². The summed E-state index contributed by atoms with van der Waals surface area (Å²) in [5.74, 6) is -0.942. The average Bonchev–Trinajstić information content (AvgIpc) is 2.45. The molecule has 0 radical (unpaired) electrons. The second-order valence-electron chi connectivity index (χ2n) is 4.81.